The zero-order chi connectivity index (χ0) is 19.6. The van der Waals surface area contributed by atoms with Crippen LogP contribution in [0.1, 0.15) is 91.9 Å². The third-order valence-corrected chi connectivity index (χ3v) is 11.5. The highest BCUT2D eigenvalue weighted by Crippen LogP contribution is 2.39. The van der Waals surface area contributed by atoms with Gasteiger partial charge in [0.2, 0.25) is 0 Å². The fraction of sp³-hybridized carbons (Fsp3) is 0.909. The Hall–Kier alpha value is 0.607. The minimum absolute atomic E-state index is 0.0696. The van der Waals surface area contributed by atoms with Crippen LogP contribution in [0.2, 0.25) is 18.1 Å². The number of halogens is 1. The fourth-order valence-corrected chi connectivity index (χ4v) is 5.16. The van der Waals surface area contributed by atoms with Crippen molar-refractivity contribution in [2.24, 2.45) is 0 Å². The molecule has 0 bridgehead atoms. The monoisotopic (exact) mass is 494 g/mol. The van der Waals surface area contributed by atoms with Crippen molar-refractivity contribution in [1.29, 1.82) is 0 Å². The van der Waals surface area contributed by atoms with Gasteiger partial charge in [0.1, 0.15) is 0 Å². The van der Waals surface area contributed by atoms with Gasteiger partial charge in [-0.3, -0.25) is 0 Å². The number of rotatable bonds is 12. The molecule has 26 heavy (non-hydrogen) atoms. The lowest BCUT2D eigenvalue weighted by molar-refractivity contribution is -0.113. The Kier molecular flexibility index (Phi) is 11.6. The smallest absolute Gasteiger partial charge is 0.195 e. The summed E-state index contributed by atoms with van der Waals surface area (Å²) in [4.78, 5) is 0. The number of hydrogen-bond acceptors (Lipinski definition) is 2. The van der Waals surface area contributed by atoms with Crippen molar-refractivity contribution in [1.82, 2.24) is 0 Å². The van der Waals surface area contributed by atoms with Gasteiger partial charge in [0.25, 0.3) is 0 Å². The molecule has 0 N–H and O–H groups in total. The molecule has 2 nitrogen and oxygen atoms in total. The van der Waals surface area contributed by atoms with Crippen molar-refractivity contribution >= 4 is 30.9 Å². The lowest BCUT2D eigenvalue weighted by atomic mass is 10.1. The van der Waals surface area contributed by atoms with Gasteiger partial charge >= 0.3 is 0 Å². The molecule has 3 atom stereocenters. The molecule has 1 aliphatic carbocycles. The van der Waals surface area contributed by atoms with Crippen LogP contribution in [0, 0.1) is 0 Å². The highest BCUT2D eigenvalue weighted by atomic mass is 127. The first-order valence-corrected chi connectivity index (χ1v) is 15.0. The molecule has 1 aliphatic rings. The van der Waals surface area contributed by atoms with Crippen LogP contribution in [0.15, 0.2) is 12.2 Å². The summed E-state index contributed by atoms with van der Waals surface area (Å²) in [7, 11) is -1.83. The molecule has 0 saturated heterocycles. The first kappa shape index (κ1) is 24.6. The molecule has 0 spiro atoms. The molecule has 0 aromatic carbocycles. The molecular formula is C22H43IO2Si. The zero-order valence-corrected chi connectivity index (χ0v) is 21.3. The molecule has 0 radical (unpaired) electrons. The Balaban J connectivity index is 2.60. The highest BCUT2D eigenvalue weighted by molar-refractivity contribution is 14.1. The summed E-state index contributed by atoms with van der Waals surface area (Å²) in [6.45, 7) is 13.9. The largest absolute Gasteiger partial charge is 0.391 e. The van der Waals surface area contributed by atoms with E-state index in [0.29, 0.717) is 3.92 Å². The van der Waals surface area contributed by atoms with Crippen molar-refractivity contribution in [2.75, 3.05) is 0 Å². The summed E-state index contributed by atoms with van der Waals surface area (Å²) >= 11 is 2.58. The number of ether oxygens (including phenoxy) is 1. The van der Waals surface area contributed by atoms with Crippen molar-refractivity contribution in [3.05, 3.63) is 12.2 Å². The zero-order valence-electron chi connectivity index (χ0n) is 18.2. The third kappa shape index (κ3) is 9.20. The topological polar surface area (TPSA) is 18.5 Å². The van der Waals surface area contributed by atoms with Gasteiger partial charge in [-0.1, -0.05) is 101 Å². The average Bonchev–Trinajstić information content (AvgIpc) is 2.57. The van der Waals surface area contributed by atoms with Crippen LogP contribution in [0.25, 0.3) is 0 Å². The number of unbranched alkanes of at least 4 members (excludes halogenated alkanes) is 5. The van der Waals surface area contributed by atoms with E-state index in [1.165, 1.54) is 57.8 Å². The number of allylic oxidation sites excluding steroid dienone is 1. The van der Waals surface area contributed by atoms with E-state index in [-0.39, 0.29) is 17.4 Å². The lowest BCUT2D eigenvalue weighted by Crippen LogP contribution is -2.47. The molecule has 0 aromatic heterocycles. The van der Waals surface area contributed by atoms with E-state index >= 15 is 0 Å². The quantitative estimate of drug-likeness (QED) is 0.0683. The van der Waals surface area contributed by atoms with E-state index in [2.05, 4.69) is 75.5 Å². The molecule has 0 aliphatic heterocycles. The van der Waals surface area contributed by atoms with Gasteiger partial charge in [-0.25, -0.2) is 0 Å². The second-order valence-corrected chi connectivity index (χ2v) is 15.7. The van der Waals surface area contributed by atoms with Gasteiger partial charge in [-0.2, -0.15) is 0 Å². The molecule has 1 unspecified atom stereocenters. The van der Waals surface area contributed by atoms with E-state index in [0.717, 1.165) is 6.42 Å². The van der Waals surface area contributed by atoms with Crippen LogP contribution in [0.5, 0.6) is 0 Å². The van der Waals surface area contributed by atoms with E-state index in [4.69, 9.17) is 9.16 Å². The summed E-state index contributed by atoms with van der Waals surface area (Å²) in [6, 6.07) is 0. The second kappa shape index (κ2) is 12.2. The van der Waals surface area contributed by atoms with E-state index in [1.54, 1.807) is 0 Å². The molecule has 0 heterocycles. The standard InChI is InChI=1S/C22H43IO2Si/c1-7-8-9-10-11-15-18-20(23)21(24-19-16-13-12-14-17-19)25-26(5,6)22(2,3)4/h13,16,19-21H,7-12,14-15,17-18H2,1-6H3/t19?,20-,21-/m1/s1. The molecule has 154 valence electrons. The van der Waals surface area contributed by atoms with Crippen molar-refractivity contribution in [2.45, 2.75) is 126 Å². The normalized spacial score (nSPS) is 21.0. The maximum absolute atomic E-state index is 6.74. The summed E-state index contributed by atoms with van der Waals surface area (Å²) < 4.78 is 13.7. The fourth-order valence-electron chi connectivity index (χ4n) is 2.98. The summed E-state index contributed by atoms with van der Waals surface area (Å²) in [5, 5.41) is 0.216. The predicted octanol–water partition coefficient (Wildman–Crippen LogP) is 8.01. The molecule has 0 saturated carbocycles. The van der Waals surface area contributed by atoms with Crippen LogP contribution >= 0.6 is 22.6 Å². The van der Waals surface area contributed by atoms with Crippen LogP contribution in [-0.4, -0.2) is 24.6 Å². The number of alkyl halides is 1. The highest BCUT2D eigenvalue weighted by Gasteiger charge is 2.41. The Morgan fingerprint density at radius 3 is 2.35 bits per heavy atom. The number of hydrogen-bond donors (Lipinski definition) is 0. The lowest BCUT2D eigenvalue weighted by Gasteiger charge is -2.41. The van der Waals surface area contributed by atoms with Crippen LogP contribution in [0.4, 0.5) is 0 Å². The van der Waals surface area contributed by atoms with Gasteiger partial charge < -0.3 is 9.16 Å². The van der Waals surface area contributed by atoms with Gasteiger partial charge in [0.05, 0.1) is 10.0 Å². The first-order valence-electron chi connectivity index (χ1n) is 10.8. The summed E-state index contributed by atoms with van der Waals surface area (Å²) in [5.41, 5.74) is 0. The Labute approximate surface area is 178 Å². The SMILES string of the molecule is CCCCCCCC[C@@H](I)[C@H](OC1C=CCCC1)O[Si](C)(C)C(C)(C)C. The molecular weight excluding hydrogens is 451 g/mol. The van der Waals surface area contributed by atoms with Crippen molar-refractivity contribution in [3.8, 4) is 0 Å². The van der Waals surface area contributed by atoms with Gasteiger partial charge in [-0.05, 0) is 43.8 Å². The average molecular weight is 495 g/mol. The maximum Gasteiger partial charge on any atom is 0.195 e. The molecule has 0 amide bonds. The van der Waals surface area contributed by atoms with E-state index in [9.17, 15) is 0 Å². The predicted molar refractivity (Wildman–Crippen MR) is 126 cm³/mol. The summed E-state index contributed by atoms with van der Waals surface area (Å²) in [5.74, 6) is 0. The van der Waals surface area contributed by atoms with Gasteiger partial charge in [0.15, 0.2) is 14.6 Å². The maximum atomic E-state index is 6.74. The molecule has 4 heteroatoms. The molecule has 0 aromatic rings. The van der Waals surface area contributed by atoms with Crippen LogP contribution in [0.3, 0.4) is 0 Å². The second-order valence-electron chi connectivity index (χ2n) is 9.35. The van der Waals surface area contributed by atoms with E-state index < -0.39 is 8.32 Å². The van der Waals surface area contributed by atoms with Crippen LogP contribution in [-0.2, 0) is 9.16 Å². The van der Waals surface area contributed by atoms with Gasteiger partial charge in [0, 0.05) is 0 Å². The van der Waals surface area contributed by atoms with Crippen molar-refractivity contribution < 1.29 is 9.16 Å². The van der Waals surface area contributed by atoms with Crippen molar-refractivity contribution in [3.63, 3.8) is 0 Å². The Bertz CT molecular complexity index is 403. The Morgan fingerprint density at radius 1 is 1.12 bits per heavy atom. The minimum Gasteiger partial charge on any atom is -0.391 e. The van der Waals surface area contributed by atoms with Gasteiger partial charge in [-0.15, -0.1) is 0 Å². The molecule has 0 fully saturated rings. The third-order valence-electron chi connectivity index (χ3n) is 5.86. The summed E-state index contributed by atoms with van der Waals surface area (Å²) in [6.07, 6.45) is 17.5. The Morgan fingerprint density at radius 2 is 1.77 bits per heavy atom. The van der Waals surface area contributed by atoms with Crippen LogP contribution < -0.4 is 0 Å². The van der Waals surface area contributed by atoms with E-state index in [1.807, 2.05) is 0 Å². The molecule has 1 rings (SSSR count). The first-order chi connectivity index (χ1) is 12.2. The minimum atomic E-state index is -1.83.